The predicted molar refractivity (Wildman–Crippen MR) is 68.6 cm³/mol. The second kappa shape index (κ2) is 4.61. The molecule has 1 aromatic rings. The summed E-state index contributed by atoms with van der Waals surface area (Å²) >= 11 is 0. The number of amides is 1. The summed E-state index contributed by atoms with van der Waals surface area (Å²) in [6.07, 6.45) is 0. The van der Waals surface area contributed by atoms with Crippen molar-refractivity contribution < 1.29 is 14.6 Å². The van der Waals surface area contributed by atoms with Crippen molar-refractivity contribution in [1.82, 2.24) is 4.90 Å². The molecule has 1 aliphatic heterocycles. The molecular weight excluding hydrogens is 230 g/mol. The van der Waals surface area contributed by atoms with Crippen LogP contribution < -0.4 is 4.74 Å². The third kappa shape index (κ3) is 2.82. The average Bonchev–Trinajstić information content (AvgIpc) is 2.24. The van der Waals surface area contributed by atoms with Crippen LogP contribution >= 0.6 is 0 Å². The van der Waals surface area contributed by atoms with Crippen molar-refractivity contribution in [3.05, 3.63) is 29.3 Å². The Hall–Kier alpha value is -1.55. The first-order chi connectivity index (χ1) is 8.37. The molecule has 1 saturated heterocycles. The lowest BCUT2D eigenvalue weighted by Gasteiger charge is -2.44. The van der Waals surface area contributed by atoms with Crippen LogP contribution in [0.1, 0.15) is 18.1 Å². The Labute approximate surface area is 107 Å². The van der Waals surface area contributed by atoms with Gasteiger partial charge in [0, 0.05) is 0 Å². The Bertz CT molecular complexity index is 460. The van der Waals surface area contributed by atoms with Gasteiger partial charge in [-0.05, 0) is 32.4 Å². The number of aliphatic hydroxyl groups is 1. The largest absolute Gasteiger partial charge is 0.484 e. The molecular formula is C14H19NO3. The molecule has 1 heterocycles. The van der Waals surface area contributed by atoms with Gasteiger partial charge in [-0.25, -0.2) is 0 Å². The summed E-state index contributed by atoms with van der Waals surface area (Å²) in [4.78, 5) is 13.4. The van der Waals surface area contributed by atoms with E-state index >= 15 is 0 Å². The van der Waals surface area contributed by atoms with E-state index in [1.165, 1.54) is 5.56 Å². The minimum atomic E-state index is -0.727. The SMILES string of the molecule is Cc1ccc(OCC(=O)N2CC(C)(O)C2)c(C)c1. The Morgan fingerprint density at radius 2 is 2.11 bits per heavy atom. The van der Waals surface area contributed by atoms with Crippen molar-refractivity contribution in [2.24, 2.45) is 0 Å². The molecule has 1 aromatic carbocycles. The molecule has 0 atom stereocenters. The highest BCUT2D eigenvalue weighted by Gasteiger charge is 2.39. The van der Waals surface area contributed by atoms with Crippen LogP contribution in [0, 0.1) is 13.8 Å². The standard InChI is InChI=1S/C14H19NO3/c1-10-4-5-12(11(2)6-10)18-7-13(16)15-8-14(3,17)9-15/h4-6,17H,7-9H2,1-3H3. The molecule has 0 saturated carbocycles. The molecule has 0 bridgehead atoms. The fourth-order valence-electron chi connectivity index (χ4n) is 2.14. The monoisotopic (exact) mass is 249 g/mol. The summed E-state index contributed by atoms with van der Waals surface area (Å²) in [5, 5.41) is 9.56. The molecule has 0 radical (unpaired) electrons. The van der Waals surface area contributed by atoms with Crippen LogP contribution in [0.3, 0.4) is 0 Å². The highest BCUT2D eigenvalue weighted by atomic mass is 16.5. The van der Waals surface area contributed by atoms with Crippen LogP contribution in [0.2, 0.25) is 0 Å². The van der Waals surface area contributed by atoms with Gasteiger partial charge in [-0.3, -0.25) is 4.79 Å². The Morgan fingerprint density at radius 3 is 2.67 bits per heavy atom. The van der Waals surface area contributed by atoms with E-state index in [1.54, 1.807) is 11.8 Å². The van der Waals surface area contributed by atoms with Crippen molar-refractivity contribution in [3.63, 3.8) is 0 Å². The molecule has 4 nitrogen and oxygen atoms in total. The molecule has 0 spiro atoms. The van der Waals surface area contributed by atoms with Gasteiger partial charge in [-0.15, -0.1) is 0 Å². The zero-order valence-corrected chi connectivity index (χ0v) is 11.1. The zero-order valence-electron chi connectivity index (χ0n) is 11.1. The Balaban J connectivity index is 1.86. The number of benzene rings is 1. The number of carbonyl (C=O) groups is 1. The maximum Gasteiger partial charge on any atom is 0.260 e. The second-order valence-electron chi connectivity index (χ2n) is 5.30. The molecule has 1 aliphatic rings. The Kier molecular flexibility index (Phi) is 3.30. The fraction of sp³-hybridized carbons (Fsp3) is 0.500. The quantitative estimate of drug-likeness (QED) is 0.877. The Morgan fingerprint density at radius 1 is 1.44 bits per heavy atom. The van der Waals surface area contributed by atoms with Crippen molar-refractivity contribution in [2.45, 2.75) is 26.4 Å². The summed E-state index contributed by atoms with van der Waals surface area (Å²) in [6, 6.07) is 5.86. The van der Waals surface area contributed by atoms with Crippen LogP contribution in [-0.2, 0) is 4.79 Å². The van der Waals surface area contributed by atoms with E-state index in [0.717, 1.165) is 11.3 Å². The highest BCUT2D eigenvalue weighted by molar-refractivity contribution is 5.79. The van der Waals surface area contributed by atoms with Gasteiger partial charge in [0.15, 0.2) is 6.61 Å². The number of nitrogens with zero attached hydrogens (tertiary/aromatic N) is 1. The first-order valence-electron chi connectivity index (χ1n) is 6.08. The van der Waals surface area contributed by atoms with E-state index in [4.69, 9.17) is 4.74 Å². The van der Waals surface area contributed by atoms with E-state index in [9.17, 15) is 9.90 Å². The summed E-state index contributed by atoms with van der Waals surface area (Å²) in [6.45, 7) is 6.51. The van der Waals surface area contributed by atoms with Crippen LogP contribution in [0.5, 0.6) is 5.75 Å². The summed E-state index contributed by atoms with van der Waals surface area (Å²) < 4.78 is 5.51. The van der Waals surface area contributed by atoms with Gasteiger partial charge >= 0.3 is 0 Å². The van der Waals surface area contributed by atoms with Gasteiger partial charge in [0.25, 0.3) is 5.91 Å². The van der Waals surface area contributed by atoms with Gasteiger partial charge in [0.2, 0.25) is 0 Å². The van der Waals surface area contributed by atoms with Crippen molar-refractivity contribution in [1.29, 1.82) is 0 Å². The molecule has 0 aliphatic carbocycles. The smallest absolute Gasteiger partial charge is 0.260 e. The van der Waals surface area contributed by atoms with E-state index in [2.05, 4.69) is 0 Å². The molecule has 2 rings (SSSR count). The third-order valence-corrected chi connectivity index (χ3v) is 3.10. The molecule has 4 heteroatoms. The van der Waals surface area contributed by atoms with Gasteiger partial charge in [-0.2, -0.15) is 0 Å². The maximum atomic E-state index is 11.8. The molecule has 1 fully saturated rings. The van der Waals surface area contributed by atoms with E-state index < -0.39 is 5.60 Å². The number of rotatable bonds is 3. The summed E-state index contributed by atoms with van der Waals surface area (Å²) in [7, 11) is 0. The first-order valence-corrected chi connectivity index (χ1v) is 6.08. The number of hydrogen-bond acceptors (Lipinski definition) is 3. The van der Waals surface area contributed by atoms with Gasteiger partial charge in [0.05, 0.1) is 18.7 Å². The van der Waals surface area contributed by atoms with Crippen LogP contribution in [0.15, 0.2) is 18.2 Å². The van der Waals surface area contributed by atoms with Crippen molar-refractivity contribution >= 4 is 5.91 Å². The number of aryl methyl sites for hydroxylation is 2. The average molecular weight is 249 g/mol. The zero-order chi connectivity index (χ0) is 13.3. The lowest BCUT2D eigenvalue weighted by atomic mass is 9.97. The number of ether oxygens (including phenoxy) is 1. The lowest BCUT2D eigenvalue weighted by Crippen LogP contribution is -2.62. The van der Waals surface area contributed by atoms with E-state index in [0.29, 0.717) is 13.1 Å². The lowest BCUT2D eigenvalue weighted by molar-refractivity contribution is -0.154. The molecule has 0 aromatic heterocycles. The van der Waals surface area contributed by atoms with Gasteiger partial charge in [-0.1, -0.05) is 17.7 Å². The molecule has 0 unspecified atom stereocenters. The first kappa shape index (κ1) is 12.9. The molecule has 98 valence electrons. The van der Waals surface area contributed by atoms with Crippen LogP contribution in [-0.4, -0.2) is 41.2 Å². The molecule has 1 amide bonds. The second-order valence-corrected chi connectivity index (χ2v) is 5.30. The van der Waals surface area contributed by atoms with E-state index in [1.807, 2.05) is 32.0 Å². The normalized spacial score (nSPS) is 17.2. The van der Waals surface area contributed by atoms with Crippen LogP contribution in [0.4, 0.5) is 0 Å². The van der Waals surface area contributed by atoms with Crippen molar-refractivity contribution in [3.8, 4) is 5.75 Å². The van der Waals surface area contributed by atoms with Crippen molar-refractivity contribution in [2.75, 3.05) is 19.7 Å². The number of likely N-dealkylation sites (tertiary alicyclic amines) is 1. The maximum absolute atomic E-state index is 11.8. The van der Waals surface area contributed by atoms with Gasteiger partial charge in [0.1, 0.15) is 5.75 Å². The topological polar surface area (TPSA) is 49.8 Å². The summed E-state index contributed by atoms with van der Waals surface area (Å²) in [5.74, 6) is 0.655. The number of hydrogen-bond donors (Lipinski definition) is 1. The number of β-amino-alcohol motifs (C(OH)–C–C–N with tert-alkyl or cyclic N) is 1. The minimum Gasteiger partial charge on any atom is -0.484 e. The van der Waals surface area contributed by atoms with Crippen LogP contribution in [0.25, 0.3) is 0 Å². The third-order valence-electron chi connectivity index (χ3n) is 3.10. The predicted octanol–water partition coefficient (Wildman–Crippen LogP) is 1.28. The molecule has 18 heavy (non-hydrogen) atoms. The highest BCUT2D eigenvalue weighted by Crippen LogP contribution is 2.21. The number of carbonyl (C=O) groups excluding carboxylic acids is 1. The fourth-order valence-corrected chi connectivity index (χ4v) is 2.14. The molecule has 1 N–H and O–H groups in total. The minimum absolute atomic E-state index is 0.0278. The summed E-state index contributed by atoms with van der Waals surface area (Å²) in [5.41, 5.74) is 1.47. The van der Waals surface area contributed by atoms with E-state index in [-0.39, 0.29) is 12.5 Å². The van der Waals surface area contributed by atoms with Gasteiger partial charge < -0.3 is 14.7 Å².